The maximum Gasteiger partial charge on any atom is 0.303 e. The SMILES string of the molecule is CC(=O)Nc1nc2c(ncn2[C@H]2O[C@@H](COC(C)=O)[C@@H](OC(C)=O)[C@@H]2OC(C)=O)c(=O)[nH]1. The van der Waals surface area contributed by atoms with Gasteiger partial charge in [0.2, 0.25) is 11.9 Å². The number of aromatic amines is 1. The summed E-state index contributed by atoms with van der Waals surface area (Å²) in [6.07, 6.45) is -3.22. The molecule has 1 amide bonds. The average Bonchev–Trinajstić information content (AvgIpc) is 3.21. The van der Waals surface area contributed by atoms with E-state index in [0.717, 1.165) is 13.8 Å². The molecule has 1 aliphatic rings. The normalized spacial score (nSPS) is 22.4. The molecule has 3 rings (SSSR count). The van der Waals surface area contributed by atoms with Gasteiger partial charge in [0.1, 0.15) is 12.7 Å². The fraction of sp³-hybridized carbons (Fsp3) is 0.500. The summed E-state index contributed by atoms with van der Waals surface area (Å²) in [7, 11) is 0. The molecule has 2 aromatic rings. The lowest BCUT2D eigenvalue weighted by Gasteiger charge is -2.23. The van der Waals surface area contributed by atoms with Gasteiger partial charge in [0, 0.05) is 27.7 Å². The van der Waals surface area contributed by atoms with Gasteiger partial charge in [0.05, 0.1) is 6.33 Å². The zero-order chi connectivity index (χ0) is 23.6. The third kappa shape index (κ3) is 4.91. The van der Waals surface area contributed by atoms with Gasteiger partial charge in [0.25, 0.3) is 5.56 Å². The molecule has 3 heterocycles. The molecule has 0 spiro atoms. The molecular formula is C18H21N5O9. The molecule has 1 fully saturated rings. The van der Waals surface area contributed by atoms with Crippen LogP contribution in [0, 0.1) is 0 Å². The Bertz CT molecular complexity index is 1120. The molecule has 2 aromatic heterocycles. The lowest BCUT2D eigenvalue weighted by atomic mass is 10.1. The van der Waals surface area contributed by atoms with Crippen LogP contribution in [0.15, 0.2) is 11.1 Å². The van der Waals surface area contributed by atoms with E-state index in [2.05, 4.69) is 20.3 Å². The van der Waals surface area contributed by atoms with Crippen molar-refractivity contribution in [1.29, 1.82) is 0 Å². The maximum absolute atomic E-state index is 12.3. The van der Waals surface area contributed by atoms with Crippen molar-refractivity contribution in [1.82, 2.24) is 19.5 Å². The van der Waals surface area contributed by atoms with Gasteiger partial charge in [-0.1, -0.05) is 0 Å². The third-order valence-electron chi connectivity index (χ3n) is 4.34. The average molecular weight is 451 g/mol. The molecule has 32 heavy (non-hydrogen) atoms. The quantitative estimate of drug-likeness (QED) is 0.423. The van der Waals surface area contributed by atoms with E-state index in [0.29, 0.717) is 0 Å². The second-order valence-electron chi connectivity index (χ2n) is 6.94. The van der Waals surface area contributed by atoms with E-state index in [1.165, 1.54) is 24.7 Å². The monoisotopic (exact) mass is 451 g/mol. The number of rotatable bonds is 6. The molecule has 1 saturated heterocycles. The Morgan fingerprint density at radius 2 is 1.75 bits per heavy atom. The number of H-pyrrole nitrogens is 1. The summed E-state index contributed by atoms with van der Waals surface area (Å²) in [5.41, 5.74) is -0.696. The summed E-state index contributed by atoms with van der Waals surface area (Å²) in [4.78, 5) is 69.0. The fourth-order valence-corrected chi connectivity index (χ4v) is 3.26. The zero-order valence-corrected chi connectivity index (χ0v) is 17.6. The molecular weight excluding hydrogens is 430 g/mol. The number of carbonyl (C=O) groups excluding carboxylic acids is 4. The minimum atomic E-state index is -1.18. The van der Waals surface area contributed by atoms with Crippen molar-refractivity contribution in [3.05, 3.63) is 16.7 Å². The van der Waals surface area contributed by atoms with Gasteiger partial charge in [-0.05, 0) is 0 Å². The molecule has 0 unspecified atom stereocenters. The lowest BCUT2D eigenvalue weighted by molar-refractivity contribution is -0.166. The number of esters is 3. The smallest absolute Gasteiger partial charge is 0.303 e. The standard InChI is InChI=1S/C18H21N5O9/c1-7(24)20-18-21-15-12(16(28)22-18)19-6-23(15)17-14(31-10(4)27)13(30-9(3)26)11(32-17)5-29-8(2)25/h6,11,13-14,17H,5H2,1-4H3,(H2,20,21,22,24,28)/t11-,13+,14-,17-/m0/s1. The number of ether oxygens (including phenoxy) is 4. The predicted molar refractivity (Wildman–Crippen MR) is 104 cm³/mol. The summed E-state index contributed by atoms with van der Waals surface area (Å²) in [6.45, 7) is 4.46. The van der Waals surface area contributed by atoms with E-state index < -0.39 is 53.9 Å². The molecule has 172 valence electrons. The van der Waals surface area contributed by atoms with Crippen LogP contribution in [0.25, 0.3) is 11.2 Å². The number of hydrogen-bond acceptors (Lipinski definition) is 11. The van der Waals surface area contributed by atoms with Crippen molar-refractivity contribution in [2.75, 3.05) is 11.9 Å². The van der Waals surface area contributed by atoms with Crippen molar-refractivity contribution in [2.24, 2.45) is 0 Å². The largest absolute Gasteiger partial charge is 0.463 e. The highest BCUT2D eigenvalue weighted by atomic mass is 16.7. The van der Waals surface area contributed by atoms with Crippen molar-refractivity contribution in [3.8, 4) is 0 Å². The first-order valence-corrected chi connectivity index (χ1v) is 9.44. The molecule has 0 radical (unpaired) electrons. The zero-order valence-electron chi connectivity index (χ0n) is 17.6. The van der Waals surface area contributed by atoms with E-state index in [9.17, 15) is 24.0 Å². The topological polar surface area (TPSA) is 181 Å². The first kappa shape index (κ1) is 22.9. The number of anilines is 1. The van der Waals surface area contributed by atoms with Gasteiger partial charge in [-0.15, -0.1) is 0 Å². The minimum Gasteiger partial charge on any atom is -0.463 e. The summed E-state index contributed by atoms with van der Waals surface area (Å²) in [5.74, 6) is -2.56. The summed E-state index contributed by atoms with van der Waals surface area (Å²) < 4.78 is 22.8. The molecule has 0 aromatic carbocycles. The first-order valence-electron chi connectivity index (χ1n) is 9.44. The van der Waals surface area contributed by atoms with Crippen LogP contribution < -0.4 is 10.9 Å². The molecule has 1 aliphatic heterocycles. The molecule has 14 heteroatoms. The van der Waals surface area contributed by atoms with Gasteiger partial charge in [-0.25, -0.2) is 4.98 Å². The molecule has 0 bridgehead atoms. The number of amides is 1. The molecule has 4 atom stereocenters. The van der Waals surface area contributed by atoms with Gasteiger partial charge >= 0.3 is 17.9 Å². The van der Waals surface area contributed by atoms with Crippen LogP contribution in [-0.2, 0) is 38.1 Å². The van der Waals surface area contributed by atoms with Crippen molar-refractivity contribution < 1.29 is 38.1 Å². The molecule has 0 saturated carbocycles. The Balaban J connectivity index is 2.07. The van der Waals surface area contributed by atoms with E-state index >= 15 is 0 Å². The second-order valence-corrected chi connectivity index (χ2v) is 6.94. The van der Waals surface area contributed by atoms with Crippen molar-refractivity contribution in [3.63, 3.8) is 0 Å². The second kappa shape index (κ2) is 9.13. The van der Waals surface area contributed by atoms with Crippen molar-refractivity contribution in [2.45, 2.75) is 52.2 Å². The molecule has 0 aliphatic carbocycles. The van der Waals surface area contributed by atoms with Crippen LogP contribution in [0.4, 0.5) is 5.95 Å². The molecule has 14 nitrogen and oxygen atoms in total. The Morgan fingerprint density at radius 1 is 1.09 bits per heavy atom. The minimum absolute atomic E-state index is 0.00867. The number of fused-ring (bicyclic) bond motifs is 1. The van der Waals surface area contributed by atoms with Crippen LogP contribution in [-0.4, -0.2) is 68.3 Å². The number of hydrogen-bond donors (Lipinski definition) is 2. The Labute approximate surface area is 180 Å². The number of nitrogens with one attached hydrogen (secondary N) is 2. The van der Waals surface area contributed by atoms with Gasteiger partial charge in [-0.3, -0.25) is 38.8 Å². The fourth-order valence-electron chi connectivity index (χ4n) is 3.26. The summed E-state index contributed by atoms with van der Waals surface area (Å²) in [6, 6.07) is 0. The van der Waals surface area contributed by atoms with Crippen LogP contribution in [0.1, 0.15) is 33.9 Å². The van der Waals surface area contributed by atoms with Crippen molar-refractivity contribution >= 4 is 40.9 Å². The van der Waals surface area contributed by atoms with Gasteiger partial charge < -0.3 is 18.9 Å². The van der Waals surface area contributed by atoms with Gasteiger partial charge in [0.15, 0.2) is 29.6 Å². The highest BCUT2D eigenvalue weighted by Crippen LogP contribution is 2.35. The van der Waals surface area contributed by atoms with Gasteiger partial charge in [-0.2, -0.15) is 4.98 Å². The Hall–Kier alpha value is -3.81. The summed E-state index contributed by atoms with van der Waals surface area (Å²) in [5, 5.41) is 2.37. The number of aromatic nitrogens is 4. The highest BCUT2D eigenvalue weighted by Gasteiger charge is 2.51. The number of carbonyl (C=O) groups is 4. The summed E-state index contributed by atoms with van der Waals surface area (Å²) >= 11 is 0. The van der Waals surface area contributed by atoms with Crippen LogP contribution in [0.5, 0.6) is 0 Å². The maximum atomic E-state index is 12.3. The first-order chi connectivity index (χ1) is 15.1. The Morgan fingerprint density at radius 3 is 2.34 bits per heavy atom. The van der Waals surface area contributed by atoms with E-state index in [1.807, 2.05) is 0 Å². The number of imidazole rings is 1. The predicted octanol–water partition coefficient (Wildman–Crippen LogP) is -0.598. The third-order valence-corrected chi connectivity index (χ3v) is 4.34. The van der Waals surface area contributed by atoms with Crippen LogP contribution >= 0.6 is 0 Å². The molecule has 2 N–H and O–H groups in total. The lowest BCUT2D eigenvalue weighted by Crippen LogP contribution is -2.40. The van der Waals surface area contributed by atoms with Crippen LogP contribution in [0.2, 0.25) is 0 Å². The van der Waals surface area contributed by atoms with E-state index in [1.54, 1.807) is 0 Å². The van der Waals surface area contributed by atoms with E-state index in [4.69, 9.17) is 18.9 Å². The number of nitrogens with zero attached hydrogens (tertiary/aromatic N) is 3. The highest BCUT2D eigenvalue weighted by molar-refractivity contribution is 5.87. The Kier molecular flexibility index (Phi) is 6.53. The van der Waals surface area contributed by atoms with Crippen LogP contribution in [0.3, 0.4) is 0 Å². The van der Waals surface area contributed by atoms with E-state index in [-0.39, 0.29) is 23.7 Å².